The molecule has 1 N–H and O–H groups in total. The zero-order valence-electron chi connectivity index (χ0n) is 19.3. The summed E-state index contributed by atoms with van der Waals surface area (Å²) in [4.78, 5) is 25.9. The molecule has 0 radical (unpaired) electrons. The van der Waals surface area contributed by atoms with Gasteiger partial charge in [0.05, 0.1) is 11.5 Å². The Balaban J connectivity index is 1.49. The van der Waals surface area contributed by atoms with Crippen molar-refractivity contribution in [3.05, 3.63) is 97.3 Å². The highest BCUT2D eigenvalue weighted by molar-refractivity contribution is 8.26. The topological polar surface area (TPSA) is 67.9 Å². The second-order valence-corrected chi connectivity index (χ2v) is 10.6. The van der Waals surface area contributed by atoms with Crippen LogP contribution in [0.15, 0.2) is 65.6 Å². The van der Waals surface area contributed by atoms with E-state index in [0.29, 0.717) is 49.2 Å². The highest BCUT2D eigenvalue weighted by Crippen LogP contribution is 2.35. The second kappa shape index (κ2) is 12.2. The van der Waals surface area contributed by atoms with E-state index >= 15 is 0 Å². The summed E-state index contributed by atoms with van der Waals surface area (Å²) in [5, 5.41) is 2.61. The maximum Gasteiger partial charge on any atom is 0.285 e. The number of halogens is 3. The van der Waals surface area contributed by atoms with Gasteiger partial charge < -0.3 is 9.47 Å². The van der Waals surface area contributed by atoms with E-state index in [2.05, 4.69) is 5.43 Å². The number of hydrogen-bond donors (Lipinski definition) is 1. The van der Waals surface area contributed by atoms with Crippen LogP contribution in [0.1, 0.15) is 28.4 Å². The SMILES string of the molecule is CCOc1cc(/C=C2/SC(=S)N(NC(=O)c3ccc(Cl)cc3)C2=O)ccc1OCc1ccc(Cl)cc1Cl. The molecule has 190 valence electrons. The van der Waals surface area contributed by atoms with Crippen LogP contribution in [-0.2, 0) is 11.4 Å². The average molecular weight is 594 g/mol. The van der Waals surface area contributed by atoms with Crippen LogP contribution in [-0.4, -0.2) is 27.8 Å². The lowest BCUT2D eigenvalue weighted by atomic mass is 10.1. The van der Waals surface area contributed by atoms with Crippen LogP contribution in [0, 0.1) is 0 Å². The molecule has 1 heterocycles. The summed E-state index contributed by atoms with van der Waals surface area (Å²) in [6.07, 6.45) is 1.68. The van der Waals surface area contributed by atoms with Gasteiger partial charge in [-0.1, -0.05) is 58.7 Å². The normalized spacial score (nSPS) is 14.3. The molecule has 1 fully saturated rings. The van der Waals surface area contributed by atoms with Crippen LogP contribution in [0.25, 0.3) is 6.08 Å². The minimum atomic E-state index is -0.477. The van der Waals surface area contributed by atoms with Gasteiger partial charge in [0.1, 0.15) is 6.61 Å². The van der Waals surface area contributed by atoms with Crippen LogP contribution in [0.2, 0.25) is 15.1 Å². The highest BCUT2D eigenvalue weighted by atomic mass is 35.5. The molecule has 0 saturated carbocycles. The van der Waals surface area contributed by atoms with Crippen LogP contribution in [0.3, 0.4) is 0 Å². The summed E-state index contributed by atoms with van der Waals surface area (Å²) in [5.41, 5.74) is 4.37. The number of hydrazine groups is 1. The Bertz CT molecular complexity index is 1400. The lowest BCUT2D eigenvalue weighted by Crippen LogP contribution is -2.44. The minimum absolute atomic E-state index is 0.211. The van der Waals surface area contributed by atoms with Crippen molar-refractivity contribution in [2.75, 3.05) is 6.61 Å². The molecule has 1 aliphatic heterocycles. The Labute approximate surface area is 238 Å². The molecule has 3 aromatic rings. The van der Waals surface area contributed by atoms with Crippen LogP contribution in [0.5, 0.6) is 11.5 Å². The molecule has 37 heavy (non-hydrogen) atoms. The predicted molar refractivity (Wildman–Crippen MR) is 152 cm³/mol. The number of rotatable bonds is 8. The van der Waals surface area contributed by atoms with Gasteiger partial charge in [-0.25, -0.2) is 0 Å². The van der Waals surface area contributed by atoms with Crippen LogP contribution < -0.4 is 14.9 Å². The Morgan fingerprint density at radius 3 is 2.43 bits per heavy atom. The molecule has 1 aliphatic rings. The van der Waals surface area contributed by atoms with Gasteiger partial charge in [0, 0.05) is 26.2 Å². The van der Waals surface area contributed by atoms with Gasteiger partial charge in [0.2, 0.25) is 0 Å². The molecular formula is C26H19Cl3N2O4S2. The van der Waals surface area contributed by atoms with Crippen molar-refractivity contribution in [3.63, 3.8) is 0 Å². The highest BCUT2D eigenvalue weighted by Gasteiger charge is 2.33. The third-order valence-electron chi connectivity index (χ3n) is 5.08. The molecule has 0 aliphatic carbocycles. The minimum Gasteiger partial charge on any atom is -0.490 e. The molecule has 0 spiro atoms. The van der Waals surface area contributed by atoms with E-state index in [0.717, 1.165) is 22.3 Å². The number of nitrogens with zero attached hydrogens (tertiary/aromatic N) is 1. The zero-order chi connectivity index (χ0) is 26.5. The summed E-state index contributed by atoms with van der Waals surface area (Å²) in [6, 6.07) is 16.8. The number of carbonyl (C=O) groups is 2. The fraction of sp³-hybridized carbons (Fsp3) is 0.115. The van der Waals surface area contributed by atoms with E-state index in [-0.39, 0.29) is 10.9 Å². The largest absolute Gasteiger partial charge is 0.490 e. The summed E-state index contributed by atoms with van der Waals surface area (Å²) in [7, 11) is 0. The summed E-state index contributed by atoms with van der Waals surface area (Å²) >= 11 is 24.5. The smallest absolute Gasteiger partial charge is 0.285 e. The zero-order valence-corrected chi connectivity index (χ0v) is 23.2. The van der Waals surface area contributed by atoms with E-state index in [9.17, 15) is 9.59 Å². The summed E-state index contributed by atoms with van der Waals surface area (Å²) in [5.74, 6) is 0.115. The number of nitrogens with one attached hydrogen (secondary N) is 1. The van der Waals surface area contributed by atoms with E-state index < -0.39 is 11.8 Å². The molecule has 2 amide bonds. The van der Waals surface area contributed by atoms with E-state index in [1.807, 2.05) is 6.92 Å². The van der Waals surface area contributed by atoms with Gasteiger partial charge in [-0.15, -0.1) is 0 Å². The second-order valence-electron chi connectivity index (χ2n) is 7.63. The van der Waals surface area contributed by atoms with Gasteiger partial charge in [-0.05, 0) is 79.3 Å². The number of thioether (sulfide) groups is 1. The average Bonchev–Trinajstić information content (AvgIpc) is 3.12. The summed E-state index contributed by atoms with van der Waals surface area (Å²) < 4.78 is 11.9. The molecule has 0 unspecified atom stereocenters. The molecular weight excluding hydrogens is 575 g/mol. The fourth-order valence-corrected chi connectivity index (χ4v) is 5.05. The Kier molecular flexibility index (Phi) is 9.00. The number of benzene rings is 3. The quantitative estimate of drug-likeness (QED) is 0.221. The first kappa shape index (κ1) is 27.3. The van der Waals surface area contributed by atoms with Crippen molar-refractivity contribution in [2.24, 2.45) is 0 Å². The van der Waals surface area contributed by atoms with E-state index in [1.165, 1.54) is 0 Å². The van der Waals surface area contributed by atoms with Gasteiger partial charge in [-0.3, -0.25) is 15.0 Å². The van der Waals surface area contributed by atoms with Crippen molar-refractivity contribution >= 4 is 81.0 Å². The predicted octanol–water partition coefficient (Wildman–Crippen LogP) is 7.17. The molecule has 0 atom stereocenters. The monoisotopic (exact) mass is 592 g/mol. The van der Waals surface area contributed by atoms with Crippen LogP contribution in [0.4, 0.5) is 0 Å². The Morgan fingerprint density at radius 2 is 1.73 bits per heavy atom. The van der Waals surface area contributed by atoms with Crippen molar-refractivity contribution < 1.29 is 19.1 Å². The number of carbonyl (C=O) groups excluding carboxylic acids is 2. The number of ether oxygens (including phenoxy) is 2. The van der Waals surface area contributed by atoms with Crippen molar-refractivity contribution in [1.82, 2.24) is 10.4 Å². The van der Waals surface area contributed by atoms with Gasteiger partial charge in [0.25, 0.3) is 11.8 Å². The van der Waals surface area contributed by atoms with Gasteiger partial charge >= 0.3 is 0 Å². The molecule has 1 saturated heterocycles. The first-order valence-corrected chi connectivity index (χ1v) is 13.3. The Morgan fingerprint density at radius 1 is 1.00 bits per heavy atom. The molecule has 3 aromatic carbocycles. The standard InChI is InChI=1S/C26H19Cl3N2O4S2/c1-2-34-22-11-15(3-10-21(22)35-14-17-6-9-19(28)13-20(17)29)12-23-25(33)31(26(36)37-23)30-24(32)16-4-7-18(27)8-5-16/h3-13H,2,14H2,1H3,(H,30,32)/b23-12+. The maximum absolute atomic E-state index is 13.0. The molecule has 6 nitrogen and oxygen atoms in total. The third kappa shape index (κ3) is 6.77. The number of amides is 2. The lowest BCUT2D eigenvalue weighted by molar-refractivity contribution is -0.123. The third-order valence-corrected chi connectivity index (χ3v) is 7.22. The van der Waals surface area contributed by atoms with E-state index in [1.54, 1.807) is 66.7 Å². The molecule has 0 bridgehead atoms. The van der Waals surface area contributed by atoms with E-state index in [4.69, 9.17) is 56.5 Å². The number of hydrogen-bond acceptors (Lipinski definition) is 6. The first-order chi connectivity index (χ1) is 17.7. The van der Waals surface area contributed by atoms with Crippen molar-refractivity contribution in [1.29, 1.82) is 0 Å². The molecule has 4 rings (SSSR count). The van der Waals surface area contributed by atoms with Gasteiger partial charge in [0.15, 0.2) is 15.8 Å². The van der Waals surface area contributed by atoms with Crippen LogP contribution >= 0.6 is 58.8 Å². The first-order valence-electron chi connectivity index (χ1n) is 10.9. The molecule has 0 aromatic heterocycles. The summed E-state index contributed by atoms with van der Waals surface area (Å²) in [6.45, 7) is 2.50. The molecule has 11 heteroatoms. The Hall–Kier alpha value is -2.75. The fourth-order valence-electron chi connectivity index (χ4n) is 3.28. The van der Waals surface area contributed by atoms with Crippen molar-refractivity contribution in [2.45, 2.75) is 13.5 Å². The van der Waals surface area contributed by atoms with Crippen molar-refractivity contribution in [3.8, 4) is 11.5 Å². The number of thiocarbonyl (C=S) groups is 1. The van der Waals surface area contributed by atoms with Gasteiger partial charge in [-0.2, -0.15) is 5.01 Å². The maximum atomic E-state index is 13.0. The lowest BCUT2D eigenvalue weighted by Gasteiger charge is -2.15.